The molecule has 0 unspecified atom stereocenters. The van der Waals surface area contributed by atoms with Gasteiger partial charge in [0, 0.05) is 74.9 Å². The zero-order valence-corrected chi connectivity index (χ0v) is 35.2. The summed E-state index contributed by atoms with van der Waals surface area (Å²) in [6.07, 6.45) is 5.07. The molecule has 2 aromatic heterocycles. The number of nitrogens with zero attached hydrogens (tertiary/aromatic N) is 4. The number of fused-ring (bicyclic) bond motifs is 6. The van der Waals surface area contributed by atoms with Gasteiger partial charge in [-0.1, -0.05) is 39.8 Å². The first kappa shape index (κ1) is 42.3. The van der Waals surface area contributed by atoms with E-state index in [-0.39, 0.29) is 36.7 Å². The summed E-state index contributed by atoms with van der Waals surface area (Å²) < 4.78 is 14.2. The van der Waals surface area contributed by atoms with E-state index in [0.717, 1.165) is 44.4 Å². The van der Waals surface area contributed by atoms with E-state index in [4.69, 9.17) is 9.47 Å². The Balaban J connectivity index is 1.53. The second kappa shape index (κ2) is 17.3. The van der Waals surface area contributed by atoms with Crippen molar-refractivity contribution in [1.29, 1.82) is 0 Å². The quantitative estimate of drug-likeness (QED) is 0.184. The highest BCUT2D eigenvalue weighted by Crippen LogP contribution is 2.42. The first-order valence-electron chi connectivity index (χ1n) is 20.3. The van der Waals surface area contributed by atoms with Crippen molar-refractivity contribution in [3.05, 3.63) is 71.5 Å². The number of methoxy groups -OCH3 is 1. The van der Waals surface area contributed by atoms with Crippen molar-refractivity contribution in [3.8, 4) is 28.1 Å². The van der Waals surface area contributed by atoms with Gasteiger partial charge in [0.05, 0.1) is 18.4 Å². The average molecular weight is 795 g/mol. The van der Waals surface area contributed by atoms with Crippen molar-refractivity contribution >= 4 is 34.6 Å². The first-order chi connectivity index (χ1) is 27.5. The molecule has 0 spiro atoms. The minimum absolute atomic E-state index is 0.0107. The van der Waals surface area contributed by atoms with Crippen molar-refractivity contribution < 1.29 is 33.8 Å². The van der Waals surface area contributed by atoms with E-state index in [2.05, 4.69) is 53.2 Å². The maximum atomic E-state index is 14.4. The Labute approximate surface area is 341 Å². The molecule has 3 N–H and O–H groups in total. The number of esters is 1. The van der Waals surface area contributed by atoms with Crippen LogP contribution in [0, 0.1) is 11.3 Å². The molecule has 0 radical (unpaired) electrons. The van der Waals surface area contributed by atoms with Crippen molar-refractivity contribution in [2.75, 3.05) is 27.3 Å². The summed E-state index contributed by atoms with van der Waals surface area (Å²) in [6, 6.07) is 10.8. The van der Waals surface area contributed by atoms with Gasteiger partial charge in [0.25, 0.3) is 5.91 Å². The maximum absolute atomic E-state index is 14.4. The van der Waals surface area contributed by atoms with Crippen molar-refractivity contribution in [3.63, 3.8) is 0 Å². The number of ether oxygens (including phenoxy) is 2. The van der Waals surface area contributed by atoms with Gasteiger partial charge in [-0.25, -0.2) is 5.43 Å². The predicted octanol–water partition coefficient (Wildman–Crippen LogP) is 5.95. The van der Waals surface area contributed by atoms with E-state index in [1.54, 1.807) is 32.5 Å². The van der Waals surface area contributed by atoms with Crippen LogP contribution in [0.3, 0.4) is 0 Å². The van der Waals surface area contributed by atoms with Gasteiger partial charge in [0.15, 0.2) is 0 Å². The number of hydrazine groups is 1. The Morgan fingerprint density at radius 2 is 1.88 bits per heavy atom. The number of rotatable bonds is 8. The normalized spacial score (nSPS) is 19.7. The zero-order valence-electron chi connectivity index (χ0n) is 35.2. The van der Waals surface area contributed by atoms with E-state index in [9.17, 15) is 24.3 Å². The minimum atomic E-state index is -1.10. The van der Waals surface area contributed by atoms with E-state index < -0.39 is 41.3 Å². The number of pyridine rings is 1. The fourth-order valence-electron chi connectivity index (χ4n) is 8.48. The monoisotopic (exact) mass is 794 g/mol. The number of cyclic esters (lactones) is 1. The molecule has 58 heavy (non-hydrogen) atoms. The predicted molar refractivity (Wildman–Crippen MR) is 222 cm³/mol. The molecule has 2 aliphatic heterocycles. The van der Waals surface area contributed by atoms with Crippen LogP contribution in [0.15, 0.2) is 54.9 Å². The highest BCUT2D eigenvalue weighted by molar-refractivity contribution is 5.96. The third kappa shape index (κ3) is 8.75. The van der Waals surface area contributed by atoms with Crippen LogP contribution < -0.4 is 10.7 Å². The molecule has 6 bridgehead atoms. The molecule has 310 valence electrons. The largest absolute Gasteiger partial charge is 0.508 e. The second-order valence-electron chi connectivity index (χ2n) is 16.9. The van der Waals surface area contributed by atoms with Gasteiger partial charge >= 0.3 is 5.97 Å². The van der Waals surface area contributed by atoms with Crippen molar-refractivity contribution in [1.82, 2.24) is 30.2 Å². The third-order valence-electron chi connectivity index (χ3n) is 11.6. The number of carbonyl (C=O) groups is 4. The number of likely N-dealkylation sites (N-methyl/N-ethyl adjacent to an activating group) is 1. The van der Waals surface area contributed by atoms with Crippen LogP contribution in [-0.2, 0) is 48.0 Å². The minimum Gasteiger partial charge on any atom is -0.508 e. The van der Waals surface area contributed by atoms with Gasteiger partial charge in [-0.3, -0.25) is 29.2 Å². The standard InChI is InChI=1S/C45H58N6O7/c1-10-50-39-14-13-30-22-34(39)35(41(50)36-24-46-16-15-33(36)27(4)57-9)23-45(6,7)25-58-44(56)37-12-11-17-51(48-37)43(55)38(20-29-18-31(30)21-32(53)19-29)47-42(54)40(26(2)3)49(8)28(5)52/h13-16,18-19,21-22,24,26-27,37-38,40,48,53H,10-12,17,20,23,25H2,1-9H3,(H,47,54)/t27-,37-,38-,40-/m0/s1. The molecule has 1 saturated heterocycles. The summed E-state index contributed by atoms with van der Waals surface area (Å²) in [5.74, 6) is -1.90. The van der Waals surface area contributed by atoms with Gasteiger partial charge in [0.2, 0.25) is 11.8 Å². The number of nitrogens with one attached hydrogen (secondary N) is 2. The number of phenolic OH excluding ortho intramolecular Hbond substituents is 1. The number of carbonyl (C=O) groups excluding carboxylic acids is 4. The average Bonchev–Trinajstić information content (AvgIpc) is 3.49. The summed E-state index contributed by atoms with van der Waals surface area (Å²) in [7, 11) is 3.26. The topological polar surface area (TPSA) is 155 Å². The molecular formula is C45H58N6O7. The Bertz CT molecular complexity index is 2200. The summed E-state index contributed by atoms with van der Waals surface area (Å²) >= 11 is 0. The summed E-state index contributed by atoms with van der Waals surface area (Å²) in [5.41, 5.74) is 9.86. The van der Waals surface area contributed by atoms with Crippen LogP contribution in [0.2, 0.25) is 0 Å². The fourth-order valence-corrected chi connectivity index (χ4v) is 8.48. The van der Waals surface area contributed by atoms with Crippen LogP contribution in [0.25, 0.3) is 33.3 Å². The van der Waals surface area contributed by atoms with Gasteiger partial charge in [-0.2, -0.15) is 0 Å². The maximum Gasteiger partial charge on any atom is 0.324 e. The van der Waals surface area contributed by atoms with Crippen LogP contribution in [-0.4, -0.2) is 93.7 Å². The van der Waals surface area contributed by atoms with Crippen molar-refractivity contribution in [2.45, 2.75) is 105 Å². The van der Waals surface area contributed by atoms with Crippen LogP contribution >= 0.6 is 0 Å². The highest BCUT2D eigenvalue weighted by Gasteiger charge is 2.37. The summed E-state index contributed by atoms with van der Waals surface area (Å²) in [4.78, 5) is 60.5. The summed E-state index contributed by atoms with van der Waals surface area (Å²) in [6.45, 7) is 14.5. The lowest BCUT2D eigenvalue weighted by atomic mass is 9.84. The van der Waals surface area contributed by atoms with Gasteiger partial charge in [-0.15, -0.1) is 0 Å². The Kier molecular flexibility index (Phi) is 12.6. The molecular weight excluding hydrogens is 737 g/mol. The van der Waals surface area contributed by atoms with E-state index >= 15 is 0 Å². The number of hydrogen-bond acceptors (Lipinski definition) is 9. The van der Waals surface area contributed by atoms with Crippen LogP contribution in [0.1, 0.15) is 84.1 Å². The number of benzene rings is 2. The lowest BCUT2D eigenvalue weighted by Crippen LogP contribution is -2.62. The van der Waals surface area contributed by atoms with Crippen LogP contribution in [0.5, 0.6) is 5.75 Å². The zero-order chi connectivity index (χ0) is 42.1. The molecule has 2 aromatic carbocycles. The summed E-state index contributed by atoms with van der Waals surface area (Å²) in [5, 5.41) is 16.5. The number of hydrogen-bond donors (Lipinski definition) is 3. The highest BCUT2D eigenvalue weighted by atomic mass is 16.5. The SMILES string of the molecule is CCn1c(-c2cnccc2[C@H](C)OC)c2c3cc(ccc31)-c1cc(O)cc(c1)C[C@H](NC(=O)[C@H](C(C)C)N(C)C(C)=O)C(=O)N1CCC[C@H](N1)C(=O)OCC(C)(C)C2. The number of amides is 3. The number of aryl methyl sites for hydroxylation is 1. The molecule has 4 aromatic rings. The molecule has 1 fully saturated rings. The first-order valence-corrected chi connectivity index (χ1v) is 20.3. The van der Waals surface area contributed by atoms with Gasteiger partial charge in [-0.05, 0) is 97.2 Å². The Morgan fingerprint density at radius 1 is 1.12 bits per heavy atom. The van der Waals surface area contributed by atoms with E-state index in [1.807, 2.05) is 45.2 Å². The van der Waals surface area contributed by atoms with E-state index in [1.165, 1.54) is 16.8 Å². The molecule has 13 heteroatoms. The molecule has 0 aliphatic carbocycles. The molecule has 4 atom stereocenters. The van der Waals surface area contributed by atoms with E-state index in [0.29, 0.717) is 37.9 Å². The smallest absolute Gasteiger partial charge is 0.324 e. The second-order valence-corrected chi connectivity index (χ2v) is 16.9. The molecule has 13 nitrogen and oxygen atoms in total. The Hall–Kier alpha value is -5.27. The molecule has 3 amide bonds. The fraction of sp³-hybridized carbons (Fsp3) is 0.489. The lowest BCUT2D eigenvalue weighted by Gasteiger charge is -2.36. The van der Waals surface area contributed by atoms with Crippen LogP contribution in [0.4, 0.5) is 0 Å². The molecule has 2 aliphatic rings. The molecule has 4 heterocycles. The molecule has 6 rings (SSSR count). The number of aromatic hydroxyl groups is 1. The van der Waals surface area contributed by atoms with Gasteiger partial charge in [0.1, 0.15) is 23.9 Å². The van der Waals surface area contributed by atoms with Gasteiger partial charge < -0.3 is 29.4 Å². The number of phenols is 1. The Morgan fingerprint density at radius 3 is 2.57 bits per heavy atom. The van der Waals surface area contributed by atoms with Crippen molar-refractivity contribution in [2.24, 2.45) is 11.3 Å². The third-order valence-corrected chi connectivity index (χ3v) is 11.6. The number of aromatic nitrogens is 2. The molecule has 0 saturated carbocycles. The lowest BCUT2D eigenvalue weighted by molar-refractivity contribution is -0.155.